The lowest BCUT2D eigenvalue weighted by molar-refractivity contribution is -0.131. The molecule has 0 bridgehead atoms. The van der Waals surface area contributed by atoms with Crippen LogP contribution in [0.1, 0.15) is 48.8 Å². The molecule has 1 aromatic heterocycles. The number of ketones is 1. The van der Waals surface area contributed by atoms with Crippen LogP contribution in [0.4, 0.5) is 11.4 Å². The first-order valence-corrected chi connectivity index (χ1v) is 15.4. The van der Waals surface area contributed by atoms with Gasteiger partial charge in [-0.2, -0.15) is 0 Å². The van der Waals surface area contributed by atoms with Crippen molar-refractivity contribution in [2.45, 2.75) is 32.7 Å². The molecule has 11 heteroatoms. The molecule has 0 saturated carbocycles. The summed E-state index contributed by atoms with van der Waals surface area (Å²) in [6, 6.07) is 14.2. The van der Waals surface area contributed by atoms with Crippen LogP contribution in [0.25, 0.3) is 0 Å². The fourth-order valence-electron chi connectivity index (χ4n) is 6.79. The zero-order valence-electron chi connectivity index (χ0n) is 26.9. The zero-order chi connectivity index (χ0) is 32.6. The van der Waals surface area contributed by atoms with Gasteiger partial charge in [0.05, 0.1) is 51.6 Å². The molecule has 3 aliphatic rings. The lowest BCUT2D eigenvalue weighted by Gasteiger charge is -2.40. The smallest absolute Gasteiger partial charge is 0.289 e. The Labute approximate surface area is 268 Å². The molecule has 2 aromatic carbocycles. The van der Waals surface area contributed by atoms with Gasteiger partial charge in [0.15, 0.2) is 23.0 Å². The van der Waals surface area contributed by atoms with Crippen LogP contribution < -0.4 is 24.4 Å². The van der Waals surface area contributed by atoms with Crippen molar-refractivity contribution >= 4 is 29.0 Å². The zero-order valence-corrected chi connectivity index (χ0v) is 26.9. The van der Waals surface area contributed by atoms with Gasteiger partial charge in [0.25, 0.3) is 5.91 Å². The van der Waals surface area contributed by atoms with Gasteiger partial charge < -0.3 is 38.6 Å². The summed E-state index contributed by atoms with van der Waals surface area (Å²) in [5, 5.41) is 3.59. The molecule has 11 nitrogen and oxygen atoms in total. The number of carbonyl (C=O) groups excluding carboxylic acids is 3. The van der Waals surface area contributed by atoms with Crippen LogP contribution in [0.2, 0.25) is 0 Å². The average molecular weight is 629 g/mol. The van der Waals surface area contributed by atoms with Gasteiger partial charge in [0, 0.05) is 43.9 Å². The standard InChI is InChI=1S/C35H40N4O7/c1-35(2)19-24-31(26(40)20-35)32(22-17-28(43-3)33(45-5)29(18-22)44-4)39(25-10-7-6-9-23(25)36-24)21-30(41)37-12-14-38(15-13-37)34(42)27-11-8-16-46-27/h6-11,16-18,32,36H,12-15,19-21H2,1-5H3. The predicted octanol–water partition coefficient (Wildman–Crippen LogP) is 4.91. The molecule has 1 atom stereocenters. The fourth-order valence-corrected chi connectivity index (χ4v) is 6.79. The van der Waals surface area contributed by atoms with Gasteiger partial charge in [-0.15, -0.1) is 0 Å². The van der Waals surface area contributed by atoms with Crippen LogP contribution in [-0.2, 0) is 9.59 Å². The fraction of sp³-hybridized carbons (Fsp3) is 0.400. The number of hydrogen-bond donors (Lipinski definition) is 1. The Hall–Kier alpha value is -4.93. The number of hydrogen-bond acceptors (Lipinski definition) is 9. The molecule has 0 radical (unpaired) electrons. The van der Waals surface area contributed by atoms with Crippen molar-refractivity contribution in [3.8, 4) is 17.2 Å². The highest BCUT2D eigenvalue weighted by Crippen LogP contribution is 2.50. The number of piperazine rings is 1. The highest BCUT2D eigenvalue weighted by Gasteiger charge is 2.43. The quantitative estimate of drug-likeness (QED) is 0.390. The van der Waals surface area contributed by atoms with Gasteiger partial charge >= 0.3 is 0 Å². The number of nitrogens with one attached hydrogen (secondary N) is 1. The molecule has 6 rings (SSSR count). The van der Waals surface area contributed by atoms with Crippen molar-refractivity contribution in [2.24, 2.45) is 5.41 Å². The van der Waals surface area contributed by atoms with E-state index in [1.807, 2.05) is 41.3 Å². The Morgan fingerprint density at radius 2 is 1.59 bits per heavy atom. The van der Waals surface area contributed by atoms with E-state index in [1.54, 1.807) is 43.3 Å². The normalized spacial score (nSPS) is 19.1. The van der Waals surface area contributed by atoms with E-state index in [1.165, 1.54) is 6.26 Å². The lowest BCUT2D eigenvalue weighted by Crippen LogP contribution is -2.53. The summed E-state index contributed by atoms with van der Waals surface area (Å²) in [7, 11) is 4.66. The molecule has 242 valence electrons. The van der Waals surface area contributed by atoms with Gasteiger partial charge in [-0.25, -0.2) is 0 Å². The molecule has 2 aliphatic heterocycles. The molecule has 2 amide bonds. The molecule has 3 heterocycles. The predicted molar refractivity (Wildman–Crippen MR) is 172 cm³/mol. The Balaban J connectivity index is 1.40. The first-order valence-electron chi connectivity index (χ1n) is 15.4. The van der Waals surface area contributed by atoms with Crippen LogP contribution in [-0.4, -0.2) is 81.5 Å². The monoisotopic (exact) mass is 628 g/mol. The largest absolute Gasteiger partial charge is 0.493 e. The summed E-state index contributed by atoms with van der Waals surface area (Å²) in [6.45, 7) is 5.74. The maximum absolute atomic E-state index is 14.1. The van der Waals surface area contributed by atoms with Gasteiger partial charge in [-0.05, 0) is 53.8 Å². The summed E-state index contributed by atoms with van der Waals surface area (Å²) in [6.07, 6.45) is 2.51. The minimum Gasteiger partial charge on any atom is -0.493 e. The van der Waals surface area contributed by atoms with E-state index in [2.05, 4.69) is 19.2 Å². The number of furan rings is 1. The van der Waals surface area contributed by atoms with Crippen molar-refractivity contribution in [1.82, 2.24) is 9.80 Å². The summed E-state index contributed by atoms with van der Waals surface area (Å²) in [5.41, 5.74) is 3.56. The number of allylic oxidation sites excluding steroid dienone is 1. The van der Waals surface area contributed by atoms with Gasteiger partial charge in [-0.1, -0.05) is 26.0 Å². The third kappa shape index (κ3) is 5.77. The number of rotatable bonds is 7. The second-order valence-electron chi connectivity index (χ2n) is 12.6. The molecule has 1 saturated heterocycles. The second-order valence-corrected chi connectivity index (χ2v) is 12.6. The highest BCUT2D eigenvalue weighted by molar-refractivity contribution is 6.02. The molecule has 46 heavy (non-hydrogen) atoms. The summed E-state index contributed by atoms with van der Waals surface area (Å²) < 4.78 is 22.3. The summed E-state index contributed by atoms with van der Waals surface area (Å²) >= 11 is 0. The maximum Gasteiger partial charge on any atom is 0.289 e. The van der Waals surface area contributed by atoms with E-state index in [0.29, 0.717) is 61.8 Å². The number of para-hydroxylation sites is 2. The number of anilines is 2. The second kappa shape index (κ2) is 12.5. The molecule has 3 aromatic rings. The highest BCUT2D eigenvalue weighted by atomic mass is 16.5. The first kappa shape index (κ1) is 31.1. The number of methoxy groups -OCH3 is 3. The number of ether oxygens (including phenoxy) is 3. The van der Waals surface area contributed by atoms with Crippen LogP contribution in [0.15, 0.2) is 70.5 Å². The number of Topliss-reactive ketones (excluding diaryl/α,β-unsaturated/α-hetero) is 1. The van der Waals surface area contributed by atoms with Gasteiger partial charge in [-0.3, -0.25) is 14.4 Å². The van der Waals surface area contributed by atoms with Gasteiger partial charge in [0.1, 0.15) is 0 Å². The summed E-state index contributed by atoms with van der Waals surface area (Å²) in [5.74, 6) is 1.36. The lowest BCUT2D eigenvalue weighted by atomic mass is 9.73. The first-order chi connectivity index (χ1) is 22.1. The molecule has 1 N–H and O–H groups in total. The minimum absolute atomic E-state index is 0.000394. The topological polar surface area (TPSA) is 114 Å². The number of fused-ring (bicyclic) bond motifs is 1. The maximum atomic E-state index is 14.1. The van der Waals surface area contributed by atoms with Crippen molar-refractivity contribution in [3.05, 3.63) is 77.4 Å². The molecule has 1 aliphatic carbocycles. The van der Waals surface area contributed by atoms with Crippen molar-refractivity contribution < 1.29 is 33.0 Å². The third-order valence-corrected chi connectivity index (χ3v) is 8.96. The molecule has 1 fully saturated rings. The number of benzene rings is 2. The van der Waals surface area contributed by atoms with Gasteiger partial charge in [0.2, 0.25) is 11.7 Å². The van der Waals surface area contributed by atoms with E-state index in [-0.39, 0.29) is 35.3 Å². The van der Waals surface area contributed by atoms with Crippen molar-refractivity contribution in [3.63, 3.8) is 0 Å². The van der Waals surface area contributed by atoms with Crippen LogP contribution >= 0.6 is 0 Å². The van der Waals surface area contributed by atoms with Crippen LogP contribution in [0, 0.1) is 5.41 Å². The Kier molecular flexibility index (Phi) is 8.41. The Morgan fingerprint density at radius 3 is 2.22 bits per heavy atom. The third-order valence-electron chi connectivity index (χ3n) is 8.96. The Bertz CT molecular complexity index is 1650. The molecular weight excluding hydrogens is 588 g/mol. The minimum atomic E-state index is -0.630. The number of amides is 2. The van der Waals surface area contributed by atoms with Crippen LogP contribution in [0.3, 0.4) is 0 Å². The SMILES string of the molecule is COc1cc(C2C3=C(CC(C)(C)CC3=O)Nc3ccccc3N2CC(=O)N2CCN(C(=O)c3ccco3)CC2)cc(OC)c1OC. The molecule has 1 unspecified atom stereocenters. The molecular formula is C35H40N4O7. The number of carbonyl (C=O) groups is 3. The van der Waals surface area contributed by atoms with E-state index in [4.69, 9.17) is 18.6 Å². The van der Waals surface area contributed by atoms with Crippen molar-refractivity contribution in [2.75, 3.05) is 64.3 Å². The van der Waals surface area contributed by atoms with E-state index < -0.39 is 6.04 Å². The van der Waals surface area contributed by atoms with E-state index in [0.717, 1.165) is 22.6 Å². The summed E-state index contributed by atoms with van der Waals surface area (Å²) in [4.78, 5) is 46.6. The van der Waals surface area contributed by atoms with E-state index in [9.17, 15) is 14.4 Å². The Morgan fingerprint density at radius 1 is 0.913 bits per heavy atom. The van der Waals surface area contributed by atoms with Crippen molar-refractivity contribution in [1.29, 1.82) is 0 Å². The van der Waals surface area contributed by atoms with Crippen LogP contribution in [0.5, 0.6) is 17.2 Å². The average Bonchev–Trinajstić information content (AvgIpc) is 3.55. The number of nitrogens with zero attached hydrogens (tertiary/aromatic N) is 3. The van der Waals surface area contributed by atoms with E-state index >= 15 is 0 Å². The molecule has 0 spiro atoms.